The molecule has 3 nitrogen and oxygen atoms in total. The first-order valence-electron chi connectivity index (χ1n) is 7.72. The van der Waals surface area contributed by atoms with Gasteiger partial charge in [-0.15, -0.1) is 11.3 Å². The fourth-order valence-corrected chi connectivity index (χ4v) is 4.57. The Kier molecular flexibility index (Phi) is 4.13. The van der Waals surface area contributed by atoms with Crippen LogP contribution in [-0.2, 0) is 4.79 Å². The molecule has 1 saturated carbocycles. The van der Waals surface area contributed by atoms with Gasteiger partial charge in [-0.25, -0.2) is 0 Å². The lowest BCUT2D eigenvalue weighted by Gasteiger charge is -2.32. The lowest BCUT2D eigenvalue weighted by atomic mass is 9.82. The first-order chi connectivity index (χ1) is 9.63. The molecule has 1 aliphatic heterocycles. The van der Waals surface area contributed by atoms with Gasteiger partial charge in [0.2, 0.25) is 5.91 Å². The monoisotopic (exact) mass is 292 g/mol. The summed E-state index contributed by atoms with van der Waals surface area (Å²) in [4.78, 5) is 16.9. The molecule has 1 amide bonds. The van der Waals surface area contributed by atoms with Crippen LogP contribution in [0, 0.1) is 18.8 Å². The van der Waals surface area contributed by atoms with Crippen LogP contribution >= 0.6 is 11.3 Å². The summed E-state index contributed by atoms with van der Waals surface area (Å²) in [7, 11) is 0. The maximum atomic E-state index is 12.2. The highest BCUT2D eigenvalue weighted by Gasteiger charge is 2.34. The van der Waals surface area contributed by atoms with E-state index in [4.69, 9.17) is 0 Å². The van der Waals surface area contributed by atoms with Gasteiger partial charge in [-0.05, 0) is 43.7 Å². The standard InChI is InChI=1S/C16H24N2OS/c1-11-4-3-5-13(8-11)10-18-15(19)9-17-16(18)14-7-6-12(2)20-14/h6-7,11,13,16-17H,3-5,8-10H2,1-2H3. The summed E-state index contributed by atoms with van der Waals surface area (Å²) in [5.41, 5.74) is 0. The molecule has 4 heteroatoms. The number of nitrogens with zero attached hydrogens (tertiary/aromatic N) is 1. The third-order valence-corrected chi connectivity index (χ3v) is 5.66. The molecule has 1 saturated heterocycles. The Bertz CT molecular complexity index is 485. The topological polar surface area (TPSA) is 32.3 Å². The predicted molar refractivity (Wildman–Crippen MR) is 82.6 cm³/mol. The molecule has 110 valence electrons. The number of hydrogen-bond acceptors (Lipinski definition) is 3. The number of rotatable bonds is 3. The number of amides is 1. The number of aryl methyl sites for hydroxylation is 1. The van der Waals surface area contributed by atoms with Crippen molar-refractivity contribution in [3.05, 3.63) is 21.9 Å². The third kappa shape index (κ3) is 2.91. The maximum absolute atomic E-state index is 12.2. The highest BCUT2D eigenvalue weighted by Crippen LogP contribution is 2.33. The molecule has 3 rings (SSSR count). The van der Waals surface area contributed by atoms with Crippen LogP contribution < -0.4 is 5.32 Å². The summed E-state index contributed by atoms with van der Waals surface area (Å²) in [6.07, 6.45) is 5.35. The predicted octanol–water partition coefficient (Wildman–Crippen LogP) is 3.31. The normalized spacial score (nSPS) is 31.0. The van der Waals surface area contributed by atoms with Gasteiger partial charge in [0.05, 0.1) is 6.54 Å². The first kappa shape index (κ1) is 14.1. The average molecular weight is 292 g/mol. The van der Waals surface area contributed by atoms with E-state index in [9.17, 15) is 4.79 Å². The van der Waals surface area contributed by atoms with Crippen molar-refractivity contribution in [2.24, 2.45) is 11.8 Å². The second-order valence-electron chi connectivity index (χ2n) is 6.42. The van der Waals surface area contributed by atoms with Gasteiger partial charge in [0.1, 0.15) is 6.17 Å². The van der Waals surface area contributed by atoms with Crippen molar-refractivity contribution in [1.29, 1.82) is 0 Å². The molecule has 1 aliphatic carbocycles. The fourth-order valence-electron chi connectivity index (χ4n) is 3.61. The number of hydrogen-bond donors (Lipinski definition) is 1. The van der Waals surface area contributed by atoms with Gasteiger partial charge >= 0.3 is 0 Å². The van der Waals surface area contributed by atoms with Crippen molar-refractivity contribution in [1.82, 2.24) is 10.2 Å². The zero-order chi connectivity index (χ0) is 14.1. The molecule has 0 bridgehead atoms. The van der Waals surface area contributed by atoms with E-state index in [2.05, 4.69) is 36.2 Å². The summed E-state index contributed by atoms with van der Waals surface area (Å²) in [5, 5.41) is 3.37. The third-order valence-electron chi connectivity index (χ3n) is 4.61. The van der Waals surface area contributed by atoms with Gasteiger partial charge in [-0.2, -0.15) is 0 Å². The van der Waals surface area contributed by atoms with Gasteiger partial charge in [-0.1, -0.05) is 19.8 Å². The second-order valence-corrected chi connectivity index (χ2v) is 7.74. The molecule has 0 aromatic carbocycles. The summed E-state index contributed by atoms with van der Waals surface area (Å²) in [6.45, 7) is 5.89. The minimum Gasteiger partial charge on any atom is -0.321 e. The average Bonchev–Trinajstić information content (AvgIpc) is 2.97. The first-order valence-corrected chi connectivity index (χ1v) is 8.54. The van der Waals surface area contributed by atoms with E-state index in [0.29, 0.717) is 12.5 Å². The van der Waals surface area contributed by atoms with Crippen molar-refractivity contribution in [3.8, 4) is 0 Å². The smallest absolute Gasteiger partial charge is 0.238 e. The highest BCUT2D eigenvalue weighted by atomic mass is 32.1. The van der Waals surface area contributed by atoms with Crippen LogP contribution in [0.5, 0.6) is 0 Å². The van der Waals surface area contributed by atoms with Crippen LogP contribution in [0.15, 0.2) is 12.1 Å². The van der Waals surface area contributed by atoms with E-state index >= 15 is 0 Å². The molecule has 1 aromatic heterocycles. The number of thiophene rings is 1. The summed E-state index contributed by atoms with van der Waals surface area (Å²) in [5.74, 6) is 1.77. The quantitative estimate of drug-likeness (QED) is 0.927. The van der Waals surface area contributed by atoms with Crippen molar-refractivity contribution < 1.29 is 4.79 Å². The van der Waals surface area contributed by atoms with Crippen LogP contribution in [0.25, 0.3) is 0 Å². The minimum absolute atomic E-state index is 0.110. The zero-order valence-corrected chi connectivity index (χ0v) is 13.2. The van der Waals surface area contributed by atoms with Crippen LogP contribution in [-0.4, -0.2) is 23.9 Å². The molecule has 0 radical (unpaired) electrons. The van der Waals surface area contributed by atoms with Crippen LogP contribution in [0.3, 0.4) is 0 Å². The van der Waals surface area contributed by atoms with Crippen LogP contribution in [0.4, 0.5) is 0 Å². The molecular formula is C16H24N2OS. The summed E-state index contributed by atoms with van der Waals surface area (Å²) < 4.78 is 0. The Morgan fingerprint density at radius 2 is 2.25 bits per heavy atom. The van der Waals surface area contributed by atoms with E-state index in [-0.39, 0.29) is 12.1 Å². The van der Waals surface area contributed by atoms with E-state index in [1.807, 2.05) is 0 Å². The molecule has 2 aliphatic rings. The van der Waals surface area contributed by atoms with Crippen molar-refractivity contribution in [2.75, 3.05) is 13.1 Å². The van der Waals surface area contributed by atoms with Crippen molar-refractivity contribution in [2.45, 2.75) is 45.7 Å². The van der Waals surface area contributed by atoms with E-state index < -0.39 is 0 Å². The van der Waals surface area contributed by atoms with Gasteiger partial charge in [0.15, 0.2) is 0 Å². The SMILES string of the molecule is Cc1ccc(C2NCC(=O)N2CC2CCCC(C)C2)s1. The number of carbonyl (C=O) groups is 1. The van der Waals surface area contributed by atoms with E-state index in [1.165, 1.54) is 35.4 Å². The largest absolute Gasteiger partial charge is 0.321 e. The summed E-state index contributed by atoms with van der Waals surface area (Å²) >= 11 is 1.80. The molecule has 0 spiro atoms. The summed E-state index contributed by atoms with van der Waals surface area (Å²) in [6, 6.07) is 4.30. The molecule has 1 aromatic rings. The Balaban J connectivity index is 1.70. The minimum atomic E-state index is 0.110. The molecule has 1 N–H and O–H groups in total. The van der Waals surface area contributed by atoms with Gasteiger partial charge in [0.25, 0.3) is 0 Å². The molecular weight excluding hydrogens is 268 g/mol. The van der Waals surface area contributed by atoms with Crippen LogP contribution in [0.2, 0.25) is 0 Å². The van der Waals surface area contributed by atoms with E-state index in [1.54, 1.807) is 11.3 Å². The zero-order valence-electron chi connectivity index (χ0n) is 12.4. The maximum Gasteiger partial charge on any atom is 0.238 e. The molecule has 3 unspecified atom stereocenters. The Labute approximate surface area is 125 Å². The highest BCUT2D eigenvalue weighted by molar-refractivity contribution is 7.12. The van der Waals surface area contributed by atoms with Gasteiger partial charge < -0.3 is 4.90 Å². The molecule has 20 heavy (non-hydrogen) atoms. The van der Waals surface area contributed by atoms with Gasteiger partial charge in [-0.3, -0.25) is 10.1 Å². The van der Waals surface area contributed by atoms with Crippen molar-refractivity contribution in [3.63, 3.8) is 0 Å². The van der Waals surface area contributed by atoms with Crippen molar-refractivity contribution >= 4 is 17.2 Å². The van der Waals surface area contributed by atoms with Gasteiger partial charge in [0, 0.05) is 16.3 Å². The number of carbonyl (C=O) groups excluding carboxylic acids is 1. The Hall–Kier alpha value is -0.870. The lowest BCUT2D eigenvalue weighted by molar-refractivity contribution is -0.128. The lowest BCUT2D eigenvalue weighted by Crippen LogP contribution is -2.35. The molecule has 2 heterocycles. The molecule has 2 fully saturated rings. The Morgan fingerprint density at radius 1 is 1.40 bits per heavy atom. The Morgan fingerprint density at radius 3 is 2.95 bits per heavy atom. The van der Waals surface area contributed by atoms with E-state index in [0.717, 1.165) is 12.5 Å². The molecule has 3 atom stereocenters. The van der Waals surface area contributed by atoms with Crippen LogP contribution in [0.1, 0.15) is 48.5 Å². The number of nitrogens with one attached hydrogen (secondary N) is 1. The second kappa shape index (κ2) is 5.86. The fraction of sp³-hybridized carbons (Fsp3) is 0.688.